The summed E-state index contributed by atoms with van der Waals surface area (Å²) in [5.74, 6) is 2.02. The first-order valence-electron chi connectivity index (χ1n) is 17.1. The normalized spacial score (nSPS) is 15.0. The highest BCUT2D eigenvalue weighted by atomic mass is 32.2. The van der Waals surface area contributed by atoms with Crippen LogP contribution in [0.1, 0.15) is 25.0 Å². The third kappa shape index (κ3) is 4.93. The summed E-state index contributed by atoms with van der Waals surface area (Å²) in [7, 11) is -1.86. The lowest BCUT2D eigenvalue weighted by Crippen LogP contribution is -2.58. The van der Waals surface area contributed by atoms with E-state index in [-0.39, 0.29) is 5.41 Å². The summed E-state index contributed by atoms with van der Waals surface area (Å²) in [6.45, 7) is 9.65. The predicted octanol–water partition coefficient (Wildman–Crippen LogP) is 10.3. The van der Waals surface area contributed by atoms with Crippen LogP contribution in [0.3, 0.4) is 0 Å². The first kappa shape index (κ1) is 30.7. The maximum atomic E-state index is 5.04. The first-order chi connectivity index (χ1) is 24.3. The van der Waals surface area contributed by atoms with E-state index in [4.69, 9.17) is 15.0 Å². The lowest BCUT2D eigenvalue weighted by Gasteiger charge is -2.42. The molecular formula is C44H36N4SSi. The molecule has 0 bridgehead atoms. The van der Waals surface area contributed by atoms with Gasteiger partial charge in [-0.2, -0.15) is 0 Å². The molecule has 1 aromatic heterocycles. The molecule has 242 valence electrons. The Hall–Kier alpha value is -5.30. The van der Waals surface area contributed by atoms with Gasteiger partial charge in [0.2, 0.25) is 0 Å². The van der Waals surface area contributed by atoms with Gasteiger partial charge in [-0.05, 0) is 64.0 Å². The van der Waals surface area contributed by atoms with Crippen molar-refractivity contribution in [2.45, 2.75) is 42.1 Å². The minimum absolute atomic E-state index is 0.262. The quantitative estimate of drug-likeness (QED) is 0.173. The molecule has 3 heterocycles. The fourth-order valence-electron chi connectivity index (χ4n) is 7.63. The van der Waals surface area contributed by atoms with Gasteiger partial charge < -0.3 is 4.90 Å². The second kappa shape index (κ2) is 11.6. The maximum absolute atomic E-state index is 5.04. The zero-order valence-electron chi connectivity index (χ0n) is 28.6. The lowest BCUT2D eigenvalue weighted by atomic mass is 9.77. The summed E-state index contributed by atoms with van der Waals surface area (Å²) in [6.07, 6.45) is 0. The third-order valence-corrected chi connectivity index (χ3v) is 15.1. The summed E-state index contributed by atoms with van der Waals surface area (Å²) in [6, 6.07) is 52.1. The Morgan fingerprint density at radius 2 is 0.960 bits per heavy atom. The predicted molar refractivity (Wildman–Crippen MR) is 210 cm³/mol. The van der Waals surface area contributed by atoms with Crippen LogP contribution >= 0.6 is 11.8 Å². The molecule has 9 rings (SSSR count). The van der Waals surface area contributed by atoms with E-state index in [0.29, 0.717) is 17.5 Å². The monoisotopic (exact) mass is 680 g/mol. The van der Waals surface area contributed by atoms with Crippen LogP contribution in [0, 0.1) is 0 Å². The molecule has 0 fully saturated rings. The van der Waals surface area contributed by atoms with Crippen LogP contribution in [-0.2, 0) is 5.41 Å². The van der Waals surface area contributed by atoms with Crippen LogP contribution < -0.4 is 15.3 Å². The van der Waals surface area contributed by atoms with Crippen molar-refractivity contribution >= 4 is 47.3 Å². The Kier molecular flexibility index (Phi) is 7.16. The van der Waals surface area contributed by atoms with Crippen molar-refractivity contribution in [3.8, 4) is 34.2 Å². The average molecular weight is 681 g/mol. The van der Waals surface area contributed by atoms with Crippen molar-refractivity contribution in [3.05, 3.63) is 157 Å². The van der Waals surface area contributed by atoms with Crippen LogP contribution in [0.4, 0.5) is 17.1 Å². The SMILES string of the molecule is CC1(C)c2cc(-c3nc(-c4ccccc4)nc(-c4ccccc4)n3)ccc2Sc2ccc(N3c4ccccc4[Si](C)(C)c4ccccc43)cc21. The molecule has 6 aromatic carbocycles. The van der Waals surface area contributed by atoms with Crippen molar-refractivity contribution in [1.29, 1.82) is 0 Å². The molecular weight excluding hydrogens is 645 g/mol. The van der Waals surface area contributed by atoms with Gasteiger partial charge in [-0.1, -0.05) is 142 Å². The van der Waals surface area contributed by atoms with Gasteiger partial charge in [-0.3, -0.25) is 0 Å². The van der Waals surface area contributed by atoms with Gasteiger partial charge in [-0.25, -0.2) is 15.0 Å². The fraction of sp³-hybridized carbons (Fsp3) is 0.114. The second-order valence-corrected chi connectivity index (χ2v) is 19.6. The van der Waals surface area contributed by atoms with Gasteiger partial charge in [0.15, 0.2) is 17.5 Å². The Balaban J connectivity index is 1.16. The van der Waals surface area contributed by atoms with Gasteiger partial charge >= 0.3 is 0 Å². The van der Waals surface area contributed by atoms with Crippen LogP contribution in [-0.4, -0.2) is 23.0 Å². The van der Waals surface area contributed by atoms with E-state index in [2.05, 4.69) is 141 Å². The van der Waals surface area contributed by atoms with Crippen molar-refractivity contribution in [2.75, 3.05) is 4.90 Å². The first-order valence-corrected chi connectivity index (χ1v) is 20.9. The number of para-hydroxylation sites is 2. The van der Waals surface area contributed by atoms with Gasteiger partial charge in [0, 0.05) is 49.0 Å². The van der Waals surface area contributed by atoms with Crippen LogP contribution in [0.15, 0.2) is 155 Å². The van der Waals surface area contributed by atoms with Crippen molar-refractivity contribution in [3.63, 3.8) is 0 Å². The lowest BCUT2D eigenvalue weighted by molar-refractivity contribution is 0.607. The third-order valence-electron chi connectivity index (χ3n) is 10.4. The zero-order chi connectivity index (χ0) is 34.0. The highest BCUT2D eigenvalue weighted by Crippen LogP contribution is 2.52. The van der Waals surface area contributed by atoms with Crippen LogP contribution in [0.2, 0.25) is 13.1 Å². The molecule has 0 amide bonds. The molecule has 0 unspecified atom stereocenters. The molecule has 0 N–H and O–H groups in total. The van der Waals surface area contributed by atoms with Crippen molar-refractivity contribution in [1.82, 2.24) is 15.0 Å². The average Bonchev–Trinajstić information content (AvgIpc) is 3.16. The molecule has 50 heavy (non-hydrogen) atoms. The highest BCUT2D eigenvalue weighted by molar-refractivity contribution is 7.99. The molecule has 0 radical (unpaired) electrons. The van der Waals surface area contributed by atoms with E-state index in [9.17, 15) is 0 Å². The number of hydrogen-bond donors (Lipinski definition) is 0. The van der Waals surface area contributed by atoms with E-state index in [1.54, 1.807) is 0 Å². The molecule has 0 aliphatic carbocycles. The number of anilines is 3. The van der Waals surface area contributed by atoms with Crippen molar-refractivity contribution in [2.24, 2.45) is 0 Å². The van der Waals surface area contributed by atoms with E-state index < -0.39 is 8.07 Å². The summed E-state index contributed by atoms with van der Waals surface area (Å²) >= 11 is 1.85. The minimum atomic E-state index is -1.86. The summed E-state index contributed by atoms with van der Waals surface area (Å²) in [5.41, 5.74) is 9.05. The number of fused-ring (bicyclic) bond motifs is 4. The smallest absolute Gasteiger partial charge is 0.164 e. The van der Waals surface area contributed by atoms with Gasteiger partial charge in [-0.15, -0.1) is 0 Å². The molecule has 2 aliphatic heterocycles. The minimum Gasteiger partial charge on any atom is -0.311 e. The molecule has 0 saturated carbocycles. The number of rotatable bonds is 4. The largest absolute Gasteiger partial charge is 0.311 e. The Bertz CT molecular complexity index is 2320. The van der Waals surface area contributed by atoms with E-state index in [1.165, 1.54) is 48.4 Å². The van der Waals surface area contributed by atoms with Gasteiger partial charge in [0.25, 0.3) is 0 Å². The standard InChI is InChI=1S/C44H36N4SSi/c1-44(2)33-27-31(43-46-41(29-15-7-5-8-16-29)45-42(47-43)30-17-9-6-10-18-30)23-25-37(33)49-38-26-24-32(28-34(38)44)48-35-19-11-13-21-39(35)50(3,4)40-22-14-12-20-36(40)48/h5-28H,1-4H3. The Morgan fingerprint density at radius 1 is 0.500 bits per heavy atom. The number of hydrogen-bond acceptors (Lipinski definition) is 5. The molecule has 6 heteroatoms. The van der Waals surface area contributed by atoms with E-state index in [1.807, 2.05) is 48.2 Å². The molecule has 7 aromatic rings. The Morgan fingerprint density at radius 3 is 1.52 bits per heavy atom. The zero-order valence-corrected chi connectivity index (χ0v) is 30.4. The van der Waals surface area contributed by atoms with Crippen molar-refractivity contribution < 1.29 is 0 Å². The van der Waals surface area contributed by atoms with Gasteiger partial charge in [0.1, 0.15) is 8.07 Å². The summed E-state index contributed by atoms with van der Waals surface area (Å²) in [5, 5.41) is 2.95. The molecule has 4 nitrogen and oxygen atoms in total. The topological polar surface area (TPSA) is 41.9 Å². The molecule has 2 aliphatic rings. The molecule has 0 saturated heterocycles. The number of benzene rings is 6. The van der Waals surface area contributed by atoms with E-state index >= 15 is 0 Å². The fourth-order valence-corrected chi connectivity index (χ4v) is 12.0. The number of nitrogens with zero attached hydrogens (tertiary/aromatic N) is 4. The Labute approximate surface area is 299 Å². The maximum Gasteiger partial charge on any atom is 0.164 e. The van der Waals surface area contributed by atoms with Crippen LogP contribution in [0.5, 0.6) is 0 Å². The highest BCUT2D eigenvalue weighted by Gasteiger charge is 2.39. The molecule has 0 atom stereocenters. The second-order valence-electron chi connectivity index (χ2n) is 14.2. The van der Waals surface area contributed by atoms with Gasteiger partial charge in [0.05, 0.1) is 0 Å². The molecule has 0 spiro atoms. The van der Waals surface area contributed by atoms with Crippen LogP contribution in [0.25, 0.3) is 34.2 Å². The summed E-state index contributed by atoms with van der Waals surface area (Å²) < 4.78 is 0. The summed E-state index contributed by atoms with van der Waals surface area (Å²) in [4.78, 5) is 20.0. The number of aromatic nitrogens is 3. The van der Waals surface area contributed by atoms with E-state index in [0.717, 1.165) is 16.7 Å².